The van der Waals surface area contributed by atoms with E-state index in [0.29, 0.717) is 6.04 Å². The van der Waals surface area contributed by atoms with E-state index in [2.05, 4.69) is 52.4 Å². The van der Waals surface area contributed by atoms with E-state index in [9.17, 15) is 0 Å². The largest absolute Gasteiger partial charge is 0.496 e. The minimum atomic E-state index is 0.709. The molecule has 0 saturated heterocycles. The van der Waals surface area contributed by atoms with Gasteiger partial charge in [-0.3, -0.25) is 4.90 Å². The summed E-state index contributed by atoms with van der Waals surface area (Å²) in [6.07, 6.45) is 5.16. The Morgan fingerprint density at radius 2 is 2.00 bits per heavy atom. The monoisotopic (exact) mass is 340 g/mol. The first-order chi connectivity index (χ1) is 9.63. The molecular formula is C16H25BrN2O. The van der Waals surface area contributed by atoms with Crippen LogP contribution in [0.5, 0.6) is 5.75 Å². The van der Waals surface area contributed by atoms with Gasteiger partial charge in [-0.2, -0.15) is 0 Å². The molecule has 1 aliphatic rings. The molecule has 112 valence electrons. The number of rotatable bonds is 5. The fourth-order valence-electron chi connectivity index (χ4n) is 3.03. The fourth-order valence-corrected chi connectivity index (χ4v) is 3.62. The van der Waals surface area contributed by atoms with Crippen LogP contribution in [0, 0.1) is 0 Å². The minimum absolute atomic E-state index is 0.709. The number of halogens is 1. The highest BCUT2D eigenvalue weighted by atomic mass is 79.9. The topological polar surface area (TPSA) is 24.5 Å². The summed E-state index contributed by atoms with van der Waals surface area (Å²) in [5.41, 5.74) is 1.33. The van der Waals surface area contributed by atoms with Crippen LogP contribution in [0.15, 0.2) is 22.7 Å². The molecule has 1 aliphatic carbocycles. The minimum Gasteiger partial charge on any atom is -0.496 e. The normalized spacial score (nSPS) is 23.1. The van der Waals surface area contributed by atoms with E-state index < -0.39 is 0 Å². The zero-order valence-corrected chi connectivity index (χ0v) is 14.2. The number of ether oxygens (including phenoxy) is 1. The van der Waals surface area contributed by atoms with Crippen molar-refractivity contribution in [1.29, 1.82) is 0 Å². The number of nitrogens with zero attached hydrogens (tertiary/aromatic N) is 1. The molecule has 0 spiro atoms. The standard InChI is InChI=1S/C16H25BrN2O/c1-18-13-5-7-14(8-6-13)19(2)11-12-4-9-16(20-3)15(17)10-12/h4,9-10,13-14,18H,5-8,11H2,1-3H3. The lowest BCUT2D eigenvalue weighted by Crippen LogP contribution is -2.39. The summed E-state index contributed by atoms with van der Waals surface area (Å²) in [6.45, 7) is 0.998. The van der Waals surface area contributed by atoms with Crippen molar-refractivity contribution < 1.29 is 4.74 Å². The van der Waals surface area contributed by atoms with Crippen molar-refractivity contribution in [3.05, 3.63) is 28.2 Å². The molecule has 1 N–H and O–H groups in total. The van der Waals surface area contributed by atoms with Gasteiger partial charge in [0.05, 0.1) is 11.6 Å². The molecule has 1 saturated carbocycles. The summed E-state index contributed by atoms with van der Waals surface area (Å²) in [7, 11) is 6.01. The van der Waals surface area contributed by atoms with Crippen LogP contribution in [0.2, 0.25) is 0 Å². The Hall–Kier alpha value is -0.580. The van der Waals surface area contributed by atoms with Crippen molar-refractivity contribution in [1.82, 2.24) is 10.2 Å². The lowest BCUT2D eigenvalue weighted by atomic mass is 9.90. The van der Waals surface area contributed by atoms with Gasteiger partial charge >= 0.3 is 0 Å². The average molecular weight is 341 g/mol. The highest BCUT2D eigenvalue weighted by Crippen LogP contribution is 2.27. The summed E-state index contributed by atoms with van der Waals surface area (Å²) in [4.78, 5) is 2.49. The second-order valence-corrected chi connectivity index (χ2v) is 6.53. The van der Waals surface area contributed by atoms with Crippen molar-refractivity contribution in [3.63, 3.8) is 0 Å². The van der Waals surface area contributed by atoms with E-state index >= 15 is 0 Å². The van der Waals surface area contributed by atoms with Crippen molar-refractivity contribution in [2.24, 2.45) is 0 Å². The number of benzene rings is 1. The summed E-state index contributed by atoms with van der Waals surface area (Å²) in [5.74, 6) is 0.894. The van der Waals surface area contributed by atoms with Gasteiger partial charge in [0.25, 0.3) is 0 Å². The molecule has 0 bridgehead atoms. The maximum Gasteiger partial charge on any atom is 0.133 e. The fraction of sp³-hybridized carbons (Fsp3) is 0.625. The lowest BCUT2D eigenvalue weighted by Gasteiger charge is -2.34. The van der Waals surface area contributed by atoms with Gasteiger partial charge in [-0.05, 0) is 73.4 Å². The molecule has 4 heteroatoms. The molecule has 0 radical (unpaired) electrons. The SMILES string of the molecule is CNC1CCC(N(C)Cc2ccc(OC)c(Br)c2)CC1. The van der Waals surface area contributed by atoms with Crippen molar-refractivity contribution >= 4 is 15.9 Å². The van der Waals surface area contributed by atoms with Gasteiger partial charge in [-0.25, -0.2) is 0 Å². The Kier molecular flexibility index (Phi) is 5.87. The maximum atomic E-state index is 5.28. The van der Waals surface area contributed by atoms with Crippen LogP contribution in [-0.2, 0) is 6.54 Å². The van der Waals surface area contributed by atoms with Crippen LogP contribution >= 0.6 is 15.9 Å². The Morgan fingerprint density at radius 3 is 2.55 bits per heavy atom. The second kappa shape index (κ2) is 7.43. The summed E-state index contributed by atoms with van der Waals surface area (Å²) < 4.78 is 6.31. The van der Waals surface area contributed by atoms with Gasteiger partial charge in [0.1, 0.15) is 5.75 Å². The number of methoxy groups -OCH3 is 1. The zero-order chi connectivity index (χ0) is 14.5. The predicted octanol–water partition coefficient (Wildman–Crippen LogP) is 3.42. The molecule has 1 aromatic carbocycles. The molecule has 0 aromatic heterocycles. The first-order valence-electron chi connectivity index (χ1n) is 7.34. The summed E-state index contributed by atoms with van der Waals surface area (Å²) >= 11 is 3.56. The zero-order valence-electron chi connectivity index (χ0n) is 12.7. The van der Waals surface area contributed by atoms with Crippen LogP contribution in [-0.4, -0.2) is 38.2 Å². The van der Waals surface area contributed by atoms with E-state index in [1.54, 1.807) is 7.11 Å². The highest BCUT2D eigenvalue weighted by molar-refractivity contribution is 9.10. The summed E-state index contributed by atoms with van der Waals surface area (Å²) in [6, 6.07) is 7.77. The Bertz CT molecular complexity index is 430. The van der Waals surface area contributed by atoms with Crippen molar-refractivity contribution in [3.8, 4) is 5.75 Å². The molecule has 0 amide bonds. The first kappa shape index (κ1) is 15.8. The van der Waals surface area contributed by atoms with Gasteiger partial charge in [0.15, 0.2) is 0 Å². The van der Waals surface area contributed by atoms with Gasteiger partial charge in [-0.15, -0.1) is 0 Å². The number of hydrogen-bond donors (Lipinski definition) is 1. The van der Waals surface area contributed by atoms with Crippen LogP contribution in [0.4, 0.5) is 0 Å². The Labute approximate surface area is 130 Å². The Morgan fingerprint density at radius 1 is 1.30 bits per heavy atom. The summed E-state index contributed by atoms with van der Waals surface area (Å²) in [5, 5.41) is 3.39. The molecule has 3 nitrogen and oxygen atoms in total. The predicted molar refractivity (Wildman–Crippen MR) is 87.3 cm³/mol. The third-order valence-electron chi connectivity index (χ3n) is 4.38. The smallest absolute Gasteiger partial charge is 0.133 e. The first-order valence-corrected chi connectivity index (χ1v) is 8.13. The van der Waals surface area contributed by atoms with E-state index in [1.165, 1.54) is 31.2 Å². The molecule has 20 heavy (non-hydrogen) atoms. The molecule has 0 unspecified atom stereocenters. The molecule has 0 aliphatic heterocycles. The van der Waals surface area contributed by atoms with Gasteiger partial charge in [0.2, 0.25) is 0 Å². The molecule has 0 heterocycles. The second-order valence-electron chi connectivity index (χ2n) is 5.68. The van der Waals surface area contributed by atoms with Crippen molar-refractivity contribution in [2.45, 2.75) is 44.3 Å². The molecule has 1 fully saturated rings. The van der Waals surface area contributed by atoms with E-state index in [1.807, 2.05) is 6.07 Å². The maximum absolute atomic E-state index is 5.28. The van der Waals surface area contributed by atoms with Crippen LogP contribution < -0.4 is 10.1 Å². The van der Waals surface area contributed by atoms with E-state index in [0.717, 1.165) is 22.8 Å². The molecule has 2 rings (SSSR count). The molecule has 0 atom stereocenters. The van der Waals surface area contributed by atoms with Gasteiger partial charge in [0, 0.05) is 18.6 Å². The third kappa shape index (κ3) is 3.96. The highest BCUT2D eigenvalue weighted by Gasteiger charge is 2.23. The van der Waals surface area contributed by atoms with Crippen LogP contribution in [0.1, 0.15) is 31.2 Å². The average Bonchev–Trinajstić information content (AvgIpc) is 2.47. The molecule has 1 aromatic rings. The number of hydrogen-bond acceptors (Lipinski definition) is 3. The van der Waals surface area contributed by atoms with Crippen molar-refractivity contribution in [2.75, 3.05) is 21.2 Å². The van der Waals surface area contributed by atoms with E-state index in [-0.39, 0.29) is 0 Å². The number of nitrogens with one attached hydrogen (secondary N) is 1. The third-order valence-corrected chi connectivity index (χ3v) is 5.00. The quantitative estimate of drug-likeness (QED) is 0.888. The van der Waals surface area contributed by atoms with Gasteiger partial charge < -0.3 is 10.1 Å². The van der Waals surface area contributed by atoms with Crippen LogP contribution in [0.25, 0.3) is 0 Å². The molecular weight excluding hydrogens is 316 g/mol. The Balaban J connectivity index is 1.91. The van der Waals surface area contributed by atoms with Crippen LogP contribution in [0.3, 0.4) is 0 Å². The van der Waals surface area contributed by atoms with Gasteiger partial charge in [-0.1, -0.05) is 6.07 Å². The van der Waals surface area contributed by atoms with E-state index in [4.69, 9.17) is 4.74 Å². The lowest BCUT2D eigenvalue weighted by molar-refractivity contribution is 0.170.